The van der Waals surface area contributed by atoms with Gasteiger partial charge in [-0.1, -0.05) is 0 Å². The third-order valence-electron chi connectivity index (χ3n) is 4.13. The molecule has 2 unspecified atom stereocenters. The first-order valence-electron chi connectivity index (χ1n) is 5.76. The van der Waals surface area contributed by atoms with Crippen LogP contribution >= 0.6 is 0 Å². The standard InChI is InChI=1S/C11H20N2O/c1-14-8-11(2-3-11)7-13-5-9-4-12-10(9)6-13/h9-10,12H,2-8H2,1H3. The van der Waals surface area contributed by atoms with Crippen molar-refractivity contribution in [3.05, 3.63) is 0 Å². The molecule has 0 radical (unpaired) electrons. The maximum Gasteiger partial charge on any atom is 0.0530 e. The molecule has 0 aromatic carbocycles. The van der Waals surface area contributed by atoms with Crippen molar-refractivity contribution >= 4 is 0 Å². The van der Waals surface area contributed by atoms with Crippen LogP contribution in [0.2, 0.25) is 0 Å². The first-order chi connectivity index (χ1) is 6.81. The van der Waals surface area contributed by atoms with Crippen LogP contribution in [-0.2, 0) is 4.74 Å². The molecule has 2 heterocycles. The monoisotopic (exact) mass is 196 g/mol. The number of nitrogens with one attached hydrogen (secondary N) is 1. The van der Waals surface area contributed by atoms with E-state index in [1.165, 1.54) is 39.0 Å². The van der Waals surface area contributed by atoms with E-state index in [4.69, 9.17) is 4.74 Å². The number of nitrogens with zero attached hydrogens (tertiary/aromatic N) is 1. The summed E-state index contributed by atoms with van der Waals surface area (Å²) >= 11 is 0. The van der Waals surface area contributed by atoms with Gasteiger partial charge in [0.1, 0.15) is 0 Å². The Morgan fingerprint density at radius 3 is 2.71 bits per heavy atom. The molecule has 14 heavy (non-hydrogen) atoms. The molecule has 3 aliphatic rings. The van der Waals surface area contributed by atoms with Crippen LogP contribution in [0.5, 0.6) is 0 Å². The first kappa shape index (κ1) is 9.13. The van der Waals surface area contributed by atoms with Crippen molar-refractivity contribution in [2.45, 2.75) is 18.9 Å². The smallest absolute Gasteiger partial charge is 0.0530 e. The van der Waals surface area contributed by atoms with Crippen LogP contribution in [0.3, 0.4) is 0 Å². The summed E-state index contributed by atoms with van der Waals surface area (Å²) in [6.45, 7) is 6.08. The van der Waals surface area contributed by atoms with E-state index < -0.39 is 0 Å². The summed E-state index contributed by atoms with van der Waals surface area (Å²) in [5.41, 5.74) is 0.540. The van der Waals surface area contributed by atoms with Gasteiger partial charge in [-0.25, -0.2) is 0 Å². The molecule has 1 aliphatic carbocycles. The molecular weight excluding hydrogens is 176 g/mol. The van der Waals surface area contributed by atoms with Gasteiger partial charge in [0, 0.05) is 50.7 Å². The Hall–Kier alpha value is -0.120. The summed E-state index contributed by atoms with van der Waals surface area (Å²) in [6, 6.07) is 0.813. The number of likely N-dealkylation sites (tertiary alicyclic amines) is 1. The van der Waals surface area contributed by atoms with E-state index in [1.807, 2.05) is 7.11 Å². The molecular formula is C11H20N2O. The number of rotatable bonds is 4. The lowest BCUT2D eigenvalue weighted by atomic mass is 9.96. The summed E-state index contributed by atoms with van der Waals surface area (Å²) < 4.78 is 5.31. The Morgan fingerprint density at radius 2 is 2.29 bits per heavy atom. The van der Waals surface area contributed by atoms with Gasteiger partial charge < -0.3 is 15.0 Å². The molecule has 2 aliphatic heterocycles. The Morgan fingerprint density at radius 1 is 1.43 bits per heavy atom. The van der Waals surface area contributed by atoms with Crippen LogP contribution in [0.1, 0.15) is 12.8 Å². The van der Waals surface area contributed by atoms with Crippen LogP contribution in [0.4, 0.5) is 0 Å². The molecule has 1 saturated carbocycles. The van der Waals surface area contributed by atoms with Crippen LogP contribution in [0.25, 0.3) is 0 Å². The molecule has 2 saturated heterocycles. The Balaban J connectivity index is 1.53. The van der Waals surface area contributed by atoms with E-state index in [0.717, 1.165) is 18.6 Å². The lowest BCUT2D eigenvalue weighted by Crippen LogP contribution is -2.51. The summed E-state index contributed by atoms with van der Waals surface area (Å²) in [6.07, 6.45) is 2.75. The second-order valence-electron chi connectivity index (χ2n) is 5.40. The van der Waals surface area contributed by atoms with Gasteiger partial charge in [0.05, 0.1) is 6.61 Å². The van der Waals surface area contributed by atoms with Crippen molar-refractivity contribution in [2.75, 3.05) is 39.9 Å². The van der Waals surface area contributed by atoms with Crippen molar-refractivity contribution < 1.29 is 4.74 Å². The highest BCUT2D eigenvalue weighted by Crippen LogP contribution is 2.47. The molecule has 80 valence electrons. The minimum absolute atomic E-state index is 0.540. The molecule has 0 amide bonds. The lowest BCUT2D eigenvalue weighted by molar-refractivity contribution is 0.115. The van der Waals surface area contributed by atoms with Gasteiger partial charge in [0.2, 0.25) is 0 Å². The van der Waals surface area contributed by atoms with E-state index >= 15 is 0 Å². The molecule has 0 bridgehead atoms. The summed E-state index contributed by atoms with van der Waals surface area (Å²) in [5.74, 6) is 0.952. The minimum Gasteiger partial charge on any atom is -0.384 e. The molecule has 3 heteroatoms. The molecule has 3 nitrogen and oxygen atoms in total. The first-order valence-corrected chi connectivity index (χ1v) is 5.76. The van der Waals surface area contributed by atoms with Crippen LogP contribution in [-0.4, -0.2) is 50.8 Å². The molecule has 0 spiro atoms. The average molecular weight is 196 g/mol. The molecule has 2 atom stereocenters. The van der Waals surface area contributed by atoms with Crippen molar-refractivity contribution in [3.8, 4) is 0 Å². The van der Waals surface area contributed by atoms with Crippen molar-refractivity contribution in [3.63, 3.8) is 0 Å². The Kier molecular flexibility index (Phi) is 2.08. The van der Waals surface area contributed by atoms with Gasteiger partial charge in [-0.3, -0.25) is 0 Å². The quantitative estimate of drug-likeness (QED) is 0.700. The fourth-order valence-electron chi connectivity index (χ4n) is 2.98. The number of fused-ring (bicyclic) bond motifs is 1. The zero-order chi connectivity index (χ0) is 9.60. The van der Waals surface area contributed by atoms with Crippen LogP contribution in [0.15, 0.2) is 0 Å². The zero-order valence-electron chi connectivity index (χ0n) is 8.96. The average Bonchev–Trinajstić information content (AvgIpc) is 2.82. The van der Waals surface area contributed by atoms with Crippen molar-refractivity contribution in [2.24, 2.45) is 11.3 Å². The Bertz CT molecular complexity index is 215. The number of hydrogen-bond acceptors (Lipinski definition) is 3. The molecule has 0 aromatic rings. The van der Waals surface area contributed by atoms with Crippen molar-refractivity contribution in [1.29, 1.82) is 0 Å². The SMILES string of the molecule is COCC1(CN2CC3CNC3C2)CC1. The normalized spacial score (nSPS) is 39.2. The Labute approximate surface area is 85.8 Å². The van der Waals surface area contributed by atoms with Gasteiger partial charge in [-0.2, -0.15) is 0 Å². The van der Waals surface area contributed by atoms with E-state index in [2.05, 4.69) is 10.2 Å². The summed E-state index contributed by atoms with van der Waals surface area (Å²) in [5, 5.41) is 3.50. The molecule has 3 rings (SSSR count). The second kappa shape index (κ2) is 3.19. The topological polar surface area (TPSA) is 24.5 Å². The predicted octanol–water partition coefficient (Wildman–Crippen LogP) is 0.317. The van der Waals surface area contributed by atoms with Crippen LogP contribution < -0.4 is 5.32 Å². The maximum absolute atomic E-state index is 5.31. The minimum atomic E-state index is 0.540. The molecule has 3 fully saturated rings. The highest BCUT2D eigenvalue weighted by atomic mass is 16.5. The third-order valence-corrected chi connectivity index (χ3v) is 4.13. The van der Waals surface area contributed by atoms with Gasteiger partial charge in [-0.05, 0) is 12.8 Å². The maximum atomic E-state index is 5.31. The van der Waals surface area contributed by atoms with E-state index in [1.54, 1.807) is 0 Å². The van der Waals surface area contributed by atoms with Crippen LogP contribution in [0, 0.1) is 11.3 Å². The fourth-order valence-corrected chi connectivity index (χ4v) is 2.98. The zero-order valence-corrected chi connectivity index (χ0v) is 8.96. The molecule has 0 aromatic heterocycles. The number of hydrogen-bond donors (Lipinski definition) is 1. The lowest BCUT2D eigenvalue weighted by Gasteiger charge is -2.30. The van der Waals surface area contributed by atoms with Gasteiger partial charge in [0.15, 0.2) is 0 Å². The van der Waals surface area contributed by atoms with E-state index in [-0.39, 0.29) is 0 Å². The number of ether oxygens (including phenoxy) is 1. The van der Waals surface area contributed by atoms with E-state index in [9.17, 15) is 0 Å². The summed E-state index contributed by atoms with van der Waals surface area (Å²) in [4.78, 5) is 2.64. The van der Waals surface area contributed by atoms with E-state index in [0.29, 0.717) is 5.41 Å². The van der Waals surface area contributed by atoms with Gasteiger partial charge in [-0.15, -0.1) is 0 Å². The highest BCUT2D eigenvalue weighted by molar-refractivity contribution is 5.02. The second-order valence-corrected chi connectivity index (χ2v) is 5.40. The fraction of sp³-hybridized carbons (Fsp3) is 1.00. The van der Waals surface area contributed by atoms with Crippen molar-refractivity contribution in [1.82, 2.24) is 10.2 Å². The number of methoxy groups -OCH3 is 1. The highest BCUT2D eigenvalue weighted by Gasteiger charge is 2.47. The van der Waals surface area contributed by atoms with Gasteiger partial charge >= 0.3 is 0 Å². The largest absolute Gasteiger partial charge is 0.384 e. The predicted molar refractivity (Wildman–Crippen MR) is 55.3 cm³/mol. The van der Waals surface area contributed by atoms with Gasteiger partial charge in [0.25, 0.3) is 0 Å². The summed E-state index contributed by atoms with van der Waals surface area (Å²) in [7, 11) is 1.83. The third kappa shape index (κ3) is 1.47. The molecule has 1 N–H and O–H groups in total.